The number of rotatable bonds is 2. The molecule has 13 heavy (non-hydrogen) atoms. The molecule has 1 heterocycles. The smallest absolute Gasteiger partial charge is 0.250 e. The Hall–Kier alpha value is -1.64. The minimum Gasteiger partial charge on any atom is -0.366 e. The predicted octanol–water partition coefficient (Wildman–Crippen LogP) is 1.60. The molecular formula is C10H12N2O. The molecule has 1 amide bonds. The lowest BCUT2D eigenvalue weighted by atomic mass is 10.1. The molecule has 0 atom stereocenters. The molecule has 68 valence electrons. The second-order valence-electron chi connectivity index (χ2n) is 3.09. The van der Waals surface area contributed by atoms with Gasteiger partial charge in [-0.2, -0.15) is 0 Å². The van der Waals surface area contributed by atoms with E-state index in [9.17, 15) is 4.79 Å². The van der Waals surface area contributed by atoms with Crippen molar-refractivity contribution in [3.63, 3.8) is 0 Å². The summed E-state index contributed by atoms with van der Waals surface area (Å²) in [6, 6.07) is 1.72. The van der Waals surface area contributed by atoms with Crippen LogP contribution in [0.15, 0.2) is 24.0 Å². The number of hydrogen-bond acceptors (Lipinski definition) is 2. The van der Waals surface area contributed by atoms with E-state index in [1.807, 2.05) is 19.9 Å². The van der Waals surface area contributed by atoms with Crippen molar-refractivity contribution < 1.29 is 4.79 Å². The molecule has 0 aliphatic carbocycles. The standard InChI is InChI=1S/C10H12N2O/c1-7(2)3-8-4-9(10(11)13)6-12-5-8/h3-6H,1-2H3,(H2,11,13). The molecule has 3 nitrogen and oxygen atoms in total. The molecule has 0 aliphatic heterocycles. The van der Waals surface area contributed by atoms with E-state index >= 15 is 0 Å². The van der Waals surface area contributed by atoms with E-state index in [0.717, 1.165) is 11.1 Å². The molecule has 0 spiro atoms. The Morgan fingerprint density at radius 3 is 2.69 bits per heavy atom. The third-order valence-corrected chi connectivity index (χ3v) is 1.50. The van der Waals surface area contributed by atoms with Gasteiger partial charge in [-0.3, -0.25) is 9.78 Å². The zero-order chi connectivity index (χ0) is 9.84. The van der Waals surface area contributed by atoms with E-state index in [4.69, 9.17) is 5.73 Å². The van der Waals surface area contributed by atoms with E-state index in [-0.39, 0.29) is 0 Å². The van der Waals surface area contributed by atoms with Crippen LogP contribution in [0, 0.1) is 0 Å². The van der Waals surface area contributed by atoms with Crippen LogP contribution in [0.4, 0.5) is 0 Å². The van der Waals surface area contributed by atoms with E-state index in [1.165, 1.54) is 6.20 Å². The van der Waals surface area contributed by atoms with E-state index in [1.54, 1.807) is 12.3 Å². The number of primary amides is 1. The lowest BCUT2D eigenvalue weighted by Crippen LogP contribution is -2.11. The summed E-state index contributed by atoms with van der Waals surface area (Å²) in [6.07, 6.45) is 5.10. The fraction of sp³-hybridized carbons (Fsp3) is 0.200. The minimum atomic E-state index is -0.448. The minimum absolute atomic E-state index is 0.440. The zero-order valence-corrected chi connectivity index (χ0v) is 7.74. The molecule has 3 heteroatoms. The summed E-state index contributed by atoms with van der Waals surface area (Å²) in [4.78, 5) is 14.7. The fourth-order valence-electron chi connectivity index (χ4n) is 1.00. The number of carbonyl (C=O) groups is 1. The van der Waals surface area contributed by atoms with Gasteiger partial charge < -0.3 is 5.73 Å². The Kier molecular flexibility index (Phi) is 2.80. The highest BCUT2D eigenvalue weighted by Crippen LogP contribution is 2.06. The summed E-state index contributed by atoms with van der Waals surface area (Å²) >= 11 is 0. The van der Waals surface area contributed by atoms with Gasteiger partial charge in [-0.1, -0.05) is 11.6 Å². The van der Waals surface area contributed by atoms with Crippen molar-refractivity contribution in [3.8, 4) is 0 Å². The van der Waals surface area contributed by atoms with Gasteiger partial charge in [0.05, 0.1) is 5.56 Å². The summed E-state index contributed by atoms with van der Waals surface area (Å²) < 4.78 is 0. The van der Waals surface area contributed by atoms with E-state index in [0.29, 0.717) is 5.56 Å². The van der Waals surface area contributed by atoms with E-state index in [2.05, 4.69) is 4.98 Å². The Bertz CT molecular complexity index is 352. The van der Waals surface area contributed by atoms with Crippen LogP contribution in [0.5, 0.6) is 0 Å². The molecule has 0 aromatic carbocycles. The number of aromatic nitrogens is 1. The average molecular weight is 176 g/mol. The van der Waals surface area contributed by atoms with Gasteiger partial charge in [-0.05, 0) is 25.5 Å². The number of amides is 1. The quantitative estimate of drug-likeness (QED) is 0.744. The number of carbonyl (C=O) groups excluding carboxylic acids is 1. The maximum atomic E-state index is 10.8. The highest BCUT2D eigenvalue weighted by atomic mass is 16.1. The fourth-order valence-corrected chi connectivity index (χ4v) is 1.00. The van der Waals surface area contributed by atoms with Gasteiger partial charge in [0.1, 0.15) is 0 Å². The van der Waals surface area contributed by atoms with Crippen molar-refractivity contribution in [2.45, 2.75) is 13.8 Å². The monoisotopic (exact) mass is 176 g/mol. The number of nitrogens with zero attached hydrogens (tertiary/aromatic N) is 1. The number of hydrogen-bond donors (Lipinski definition) is 1. The van der Waals surface area contributed by atoms with Crippen LogP contribution < -0.4 is 5.73 Å². The largest absolute Gasteiger partial charge is 0.366 e. The molecule has 0 unspecified atom stereocenters. The molecule has 0 aliphatic rings. The lowest BCUT2D eigenvalue weighted by Gasteiger charge is -1.97. The van der Waals surface area contributed by atoms with Crippen LogP contribution in [-0.4, -0.2) is 10.9 Å². The molecule has 0 saturated heterocycles. The van der Waals surface area contributed by atoms with Crippen LogP contribution in [-0.2, 0) is 0 Å². The van der Waals surface area contributed by atoms with Crippen LogP contribution in [0.1, 0.15) is 29.8 Å². The first kappa shape index (κ1) is 9.45. The Morgan fingerprint density at radius 2 is 2.15 bits per heavy atom. The summed E-state index contributed by atoms with van der Waals surface area (Å²) in [5.41, 5.74) is 7.61. The van der Waals surface area contributed by atoms with Gasteiger partial charge in [0.15, 0.2) is 0 Å². The number of nitrogens with two attached hydrogens (primary N) is 1. The molecule has 0 bridgehead atoms. The van der Waals surface area contributed by atoms with Crippen LogP contribution in [0.3, 0.4) is 0 Å². The maximum Gasteiger partial charge on any atom is 0.250 e. The van der Waals surface area contributed by atoms with Gasteiger partial charge in [-0.25, -0.2) is 0 Å². The van der Waals surface area contributed by atoms with Gasteiger partial charge in [0, 0.05) is 12.4 Å². The van der Waals surface area contributed by atoms with Crippen molar-refractivity contribution >= 4 is 12.0 Å². The van der Waals surface area contributed by atoms with Gasteiger partial charge >= 0.3 is 0 Å². The first-order valence-electron chi connectivity index (χ1n) is 3.99. The molecule has 0 saturated carbocycles. The summed E-state index contributed by atoms with van der Waals surface area (Å²) in [5, 5.41) is 0. The SMILES string of the molecule is CC(C)=Cc1cncc(C(N)=O)c1. The molecule has 1 aromatic rings. The van der Waals surface area contributed by atoms with Gasteiger partial charge in [0.2, 0.25) is 5.91 Å². The topological polar surface area (TPSA) is 56.0 Å². The normalized spacial score (nSPS) is 9.38. The molecule has 1 aromatic heterocycles. The van der Waals surface area contributed by atoms with Crippen LogP contribution >= 0.6 is 0 Å². The highest BCUT2D eigenvalue weighted by molar-refractivity contribution is 5.92. The Balaban J connectivity index is 3.06. The van der Waals surface area contributed by atoms with Crippen LogP contribution in [0.25, 0.3) is 6.08 Å². The number of pyridine rings is 1. The zero-order valence-electron chi connectivity index (χ0n) is 7.74. The summed E-state index contributed by atoms with van der Waals surface area (Å²) in [6.45, 7) is 3.97. The van der Waals surface area contributed by atoms with Crippen LogP contribution in [0.2, 0.25) is 0 Å². The third-order valence-electron chi connectivity index (χ3n) is 1.50. The first-order valence-corrected chi connectivity index (χ1v) is 3.99. The molecular weight excluding hydrogens is 164 g/mol. The lowest BCUT2D eigenvalue weighted by molar-refractivity contribution is 0.1000. The van der Waals surface area contributed by atoms with Gasteiger partial charge in [0.25, 0.3) is 0 Å². The Labute approximate surface area is 77.3 Å². The second kappa shape index (κ2) is 3.85. The first-order chi connectivity index (χ1) is 6.09. The van der Waals surface area contributed by atoms with Crippen molar-refractivity contribution in [2.24, 2.45) is 5.73 Å². The highest BCUT2D eigenvalue weighted by Gasteiger charge is 1.99. The summed E-state index contributed by atoms with van der Waals surface area (Å²) in [5.74, 6) is -0.448. The molecule has 0 radical (unpaired) electrons. The Morgan fingerprint density at radius 1 is 1.46 bits per heavy atom. The molecule has 0 fully saturated rings. The average Bonchev–Trinajstić information content (AvgIpc) is 2.03. The van der Waals surface area contributed by atoms with Crippen molar-refractivity contribution in [3.05, 3.63) is 35.2 Å². The van der Waals surface area contributed by atoms with E-state index < -0.39 is 5.91 Å². The van der Waals surface area contributed by atoms with Crippen molar-refractivity contribution in [1.29, 1.82) is 0 Å². The number of allylic oxidation sites excluding steroid dienone is 1. The summed E-state index contributed by atoms with van der Waals surface area (Å²) in [7, 11) is 0. The third kappa shape index (κ3) is 2.71. The second-order valence-corrected chi connectivity index (χ2v) is 3.09. The maximum absolute atomic E-state index is 10.8. The molecule has 2 N–H and O–H groups in total. The van der Waals surface area contributed by atoms with Crippen molar-refractivity contribution in [2.75, 3.05) is 0 Å². The molecule has 1 rings (SSSR count). The van der Waals surface area contributed by atoms with Gasteiger partial charge in [-0.15, -0.1) is 0 Å². The van der Waals surface area contributed by atoms with Crippen molar-refractivity contribution in [1.82, 2.24) is 4.98 Å². The predicted molar refractivity (Wildman–Crippen MR) is 52.1 cm³/mol.